The van der Waals surface area contributed by atoms with Gasteiger partial charge in [-0.3, -0.25) is 4.90 Å². The zero-order valence-corrected chi connectivity index (χ0v) is 14.0. The Labute approximate surface area is 129 Å². The number of likely N-dealkylation sites (tertiary alicyclic amines) is 1. The molecule has 1 saturated heterocycles. The van der Waals surface area contributed by atoms with Crippen LogP contribution in [0.4, 0.5) is 0 Å². The monoisotopic (exact) mass is 290 g/mol. The molecule has 2 unspecified atom stereocenters. The molecule has 1 aliphatic heterocycles. The molecule has 2 rings (SSSR count). The maximum atomic E-state index is 5.41. The molecule has 3 nitrogen and oxygen atoms in total. The molecule has 0 aliphatic carbocycles. The summed E-state index contributed by atoms with van der Waals surface area (Å²) in [6.07, 6.45) is 3.85. The van der Waals surface area contributed by atoms with Gasteiger partial charge in [0.15, 0.2) is 0 Å². The Bertz CT molecular complexity index is 429. The first-order valence-corrected chi connectivity index (χ1v) is 8.24. The average molecular weight is 290 g/mol. The summed E-state index contributed by atoms with van der Waals surface area (Å²) in [4.78, 5) is 2.67. The van der Waals surface area contributed by atoms with Crippen molar-refractivity contribution in [1.82, 2.24) is 10.2 Å². The van der Waals surface area contributed by atoms with E-state index in [1.807, 2.05) is 0 Å². The molecular weight excluding hydrogens is 260 g/mol. The predicted octanol–water partition coefficient (Wildman–Crippen LogP) is 3.39. The Morgan fingerprint density at radius 1 is 1.38 bits per heavy atom. The molecule has 1 heterocycles. The van der Waals surface area contributed by atoms with Gasteiger partial charge in [0.25, 0.3) is 0 Å². The second-order valence-corrected chi connectivity index (χ2v) is 6.17. The number of benzene rings is 1. The van der Waals surface area contributed by atoms with E-state index in [0.29, 0.717) is 12.0 Å². The van der Waals surface area contributed by atoms with Gasteiger partial charge in [-0.2, -0.15) is 0 Å². The van der Waals surface area contributed by atoms with Crippen molar-refractivity contribution in [3.05, 3.63) is 29.3 Å². The van der Waals surface area contributed by atoms with Crippen LogP contribution in [-0.4, -0.2) is 38.7 Å². The Hall–Kier alpha value is -1.06. The molecule has 1 aromatic carbocycles. The Balaban J connectivity index is 2.30. The van der Waals surface area contributed by atoms with Gasteiger partial charge in [-0.05, 0) is 76.0 Å². The van der Waals surface area contributed by atoms with Gasteiger partial charge in [0, 0.05) is 6.04 Å². The number of piperidine rings is 1. The molecule has 21 heavy (non-hydrogen) atoms. The third kappa shape index (κ3) is 3.78. The minimum Gasteiger partial charge on any atom is -0.496 e. The Morgan fingerprint density at radius 2 is 2.19 bits per heavy atom. The fourth-order valence-corrected chi connectivity index (χ4v) is 3.73. The van der Waals surface area contributed by atoms with E-state index >= 15 is 0 Å². The number of aryl methyl sites for hydroxylation is 1. The standard InChI is InChI=1S/C18H30N2O/c1-5-10-20-11-6-7-16(13-19-3)18(20)15-8-9-17(21-4)14(2)12-15/h8-9,12,16,18-19H,5-7,10-11,13H2,1-4H3. The van der Waals surface area contributed by atoms with Crippen LogP contribution in [0.2, 0.25) is 0 Å². The molecule has 0 radical (unpaired) electrons. The number of methoxy groups -OCH3 is 1. The predicted molar refractivity (Wildman–Crippen MR) is 89.0 cm³/mol. The molecule has 118 valence electrons. The summed E-state index contributed by atoms with van der Waals surface area (Å²) >= 11 is 0. The van der Waals surface area contributed by atoms with Crippen LogP contribution >= 0.6 is 0 Å². The van der Waals surface area contributed by atoms with Gasteiger partial charge in [0.05, 0.1) is 7.11 Å². The number of nitrogens with one attached hydrogen (secondary N) is 1. The van der Waals surface area contributed by atoms with Crippen molar-refractivity contribution in [2.45, 2.75) is 39.2 Å². The van der Waals surface area contributed by atoms with Crippen molar-refractivity contribution in [1.29, 1.82) is 0 Å². The zero-order valence-electron chi connectivity index (χ0n) is 14.0. The summed E-state index contributed by atoms with van der Waals surface area (Å²) in [5.74, 6) is 1.69. The van der Waals surface area contributed by atoms with Crippen LogP contribution in [-0.2, 0) is 0 Å². The van der Waals surface area contributed by atoms with Gasteiger partial charge < -0.3 is 10.1 Å². The molecule has 0 aromatic heterocycles. The van der Waals surface area contributed by atoms with Crippen LogP contribution in [0.15, 0.2) is 18.2 Å². The highest BCUT2D eigenvalue weighted by Crippen LogP contribution is 2.37. The molecule has 1 fully saturated rings. The largest absolute Gasteiger partial charge is 0.496 e. The number of hydrogen-bond donors (Lipinski definition) is 1. The molecule has 2 atom stereocenters. The first-order valence-electron chi connectivity index (χ1n) is 8.24. The van der Waals surface area contributed by atoms with E-state index in [4.69, 9.17) is 4.74 Å². The lowest BCUT2D eigenvalue weighted by atomic mass is 9.84. The minimum absolute atomic E-state index is 0.538. The van der Waals surface area contributed by atoms with Gasteiger partial charge in [-0.15, -0.1) is 0 Å². The zero-order chi connectivity index (χ0) is 15.2. The molecule has 1 aliphatic rings. The van der Waals surface area contributed by atoms with Crippen LogP contribution in [0.25, 0.3) is 0 Å². The molecule has 3 heteroatoms. The molecule has 0 spiro atoms. The van der Waals surface area contributed by atoms with Crippen molar-refractivity contribution >= 4 is 0 Å². The first kappa shape index (κ1) is 16.3. The van der Waals surface area contributed by atoms with E-state index in [1.165, 1.54) is 43.5 Å². The first-order chi connectivity index (χ1) is 10.2. The van der Waals surface area contributed by atoms with E-state index in [2.05, 4.69) is 49.3 Å². The van der Waals surface area contributed by atoms with E-state index in [9.17, 15) is 0 Å². The highest BCUT2D eigenvalue weighted by molar-refractivity contribution is 5.37. The van der Waals surface area contributed by atoms with Crippen molar-refractivity contribution in [3.8, 4) is 5.75 Å². The van der Waals surface area contributed by atoms with Crippen LogP contribution in [0.3, 0.4) is 0 Å². The summed E-state index contributed by atoms with van der Waals surface area (Å²) in [7, 11) is 3.81. The molecular formula is C18H30N2O. The maximum Gasteiger partial charge on any atom is 0.121 e. The highest BCUT2D eigenvalue weighted by atomic mass is 16.5. The maximum absolute atomic E-state index is 5.41. The van der Waals surface area contributed by atoms with Crippen LogP contribution < -0.4 is 10.1 Å². The summed E-state index contributed by atoms with van der Waals surface area (Å²) in [6, 6.07) is 7.24. The Morgan fingerprint density at radius 3 is 2.81 bits per heavy atom. The third-order valence-electron chi connectivity index (χ3n) is 4.60. The van der Waals surface area contributed by atoms with Crippen molar-refractivity contribution < 1.29 is 4.74 Å². The fourth-order valence-electron chi connectivity index (χ4n) is 3.73. The van der Waals surface area contributed by atoms with Crippen molar-refractivity contribution in [3.63, 3.8) is 0 Å². The van der Waals surface area contributed by atoms with E-state index in [1.54, 1.807) is 7.11 Å². The van der Waals surface area contributed by atoms with Crippen LogP contribution in [0.5, 0.6) is 5.75 Å². The quantitative estimate of drug-likeness (QED) is 0.869. The molecule has 1 N–H and O–H groups in total. The number of nitrogens with zero attached hydrogens (tertiary/aromatic N) is 1. The molecule has 0 bridgehead atoms. The lowest BCUT2D eigenvalue weighted by molar-refractivity contribution is 0.0923. The minimum atomic E-state index is 0.538. The number of hydrogen-bond acceptors (Lipinski definition) is 3. The topological polar surface area (TPSA) is 24.5 Å². The SMILES string of the molecule is CCCN1CCCC(CNC)C1c1ccc(OC)c(C)c1. The summed E-state index contributed by atoms with van der Waals surface area (Å²) < 4.78 is 5.41. The fraction of sp³-hybridized carbons (Fsp3) is 0.667. The van der Waals surface area contributed by atoms with E-state index in [0.717, 1.165) is 12.3 Å². The second-order valence-electron chi connectivity index (χ2n) is 6.17. The van der Waals surface area contributed by atoms with Gasteiger partial charge >= 0.3 is 0 Å². The molecule has 1 aromatic rings. The summed E-state index contributed by atoms with van der Waals surface area (Å²) in [5, 5.41) is 3.39. The van der Waals surface area contributed by atoms with Gasteiger partial charge in [0.2, 0.25) is 0 Å². The summed E-state index contributed by atoms with van der Waals surface area (Å²) in [6.45, 7) is 7.93. The molecule has 0 amide bonds. The van der Waals surface area contributed by atoms with Gasteiger partial charge in [0.1, 0.15) is 5.75 Å². The normalized spacial score (nSPS) is 23.2. The number of rotatable bonds is 6. The molecule has 0 saturated carbocycles. The van der Waals surface area contributed by atoms with Gasteiger partial charge in [-0.25, -0.2) is 0 Å². The van der Waals surface area contributed by atoms with Crippen LogP contribution in [0, 0.1) is 12.8 Å². The number of ether oxygens (including phenoxy) is 1. The lowest BCUT2D eigenvalue weighted by Crippen LogP contribution is -2.42. The Kier molecular flexibility index (Phi) is 6.07. The smallest absolute Gasteiger partial charge is 0.121 e. The van der Waals surface area contributed by atoms with Crippen molar-refractivity contribution in [2.75, 3.05) is 33.8 Å². The van der Waals surface area contributed by atoms with Gasteiger partial charge in [-0.1, -0.05) is 19.1 Å². The summed E-state index contributed by atoms with van der Waals surface area (Å²) in [5.41, 5.74) is 2.68. The third-order valence-corrected chi connectivity index (χ3v) is 4.60. The lowest BCUT2D eigenvalue weighted by Gasteiger charge is -2.42. The van der Waals surface area contributed by atoms with Crippen molar-refractivity contribution in [2.24, 2.45) is 5.92 Å². The van der Waals surface area contributed by atoms with E-state index < -0.39 is 0 Å². The highest BCUT2D eigenvalue weighted by Gasteiger charge is 2.31. The average Bonchev–Trinajstić information content (AvgIpc) is 2.48. The van der Waals surface area contributed by atoms with Crippen LogP contribution in [0.1, 0.15) is 43.4 Å². The van der Waals surface area contributed by atoms with E-state index in [-0.39, 0.29) is 0 Å². The second kappa shape index (κ2) is 7.81.